The van der Waals surface area contributed by atoms with Crippen LogP contribution in [0, 0.1) is 0 Å². The molecule has 2 heterocycles. The number of fused-ring (bicyclic) bond motifs is 1. The predicted octanol–water partition coefficient (Wildman–Crippen LogP) is 2.78. The Morgan fingerprint density at radius 2 is 2.25 bits per heavy atom. The van der Waals surface area contributed by atoms with E-state index in [0.29, 0.717) is 29.7 Å². The smallest absolute Gasteiger partial charge is 0.226 e. The highest BCUT2D eigenvalue weighted by atomic mass is 35.5. The Labute approximate surface area is 120 Å². The Bertz CT molecular complexity index is 748. The molecule has 0 saturated heterocycles. The van der Waals surface area contributed by atoms with Gasteiger partial charge in [-0.3, -0.25) is 0 Å². The van der Waals surface area contributed by atoms with E-state index in [9.17, 15) is 5.11 Å². The molecule has 0 saturated carbocycles. The first-order valence-electron chi connectivity index (χ1n) is 6.41. The summed E-state index contributed by atoms with van der Waals surface area (Å²) in [6, 6.07) is 5.60. The van der Waals surface area contributed by atoms with Crippen LogP contribution in [-0.4, -0.2) is 19.8 Å². The van der Waals surface area contributed by atoms with Crippen LogP contribution >= 0.6 is 11.6 Å². The van der Waals surface area contributed by atoms with Gasteiger partial charge in [-0.2, -0.15) is 4.98 Å². The fourth-order valence-corrected chi connectivity index (χ4v) is 2.41. The first-order valence-corrected chi connectivity index (χ1v) is 6.78. The number of benzene rings is 1. The molecule has 0 spiro atoms. The quantitative estimate of drug-likeness (QED) is 0.803. The molecule has 20 heavy (non-hydrogen) atoms. The molecule has 1 N–H and O–H groups in total. The third-order valence-electron chi connectivity index (χ3n) is 3.22. The van der Waals surface area contributed by atoms with E-state index in [1.165, 1.54) is 0 Å². The molecular formula is C14H14ClN3O2. The zero-order valence-corrected chi connectivity index (χ0v) is 11.8. The summed E-state index contributed by atoms with van der Waals surface area (Å²) in [6.07, 6.45) is 2.61. The third-order valence-corrected chi connectivity index (χ3v) is 3.46. The monoisotopic (exact) mass is 291 g/mol. The number of nitrogens with zero attached hydrogens (tertiary/aromatic N) is 3. The number of halogens is 1. The number of aryl methyl sites for hydroxylation is 1. The average molecular weight is 292 g/mol. The Morgan fingerprint density at radius 3 is 2.95 bits per heavy atom. The number of hydrogen-bond acceptors (Lipinski definition) is 4. The van der Waals surface area contributed by atoms with Crippen LogP contribution in [0.1, 0.15) is 24.2 Å². The van der Waals surface area contributed by atoms with E-state index < -0.39 is 0 Å². The third kappa shape index (κ3) is 2.30. The minimum atomic E-state index is -0.0163. The SMILES string of the molecule is CCc1nc(Cn2cc(CO)c3ccc(Cl)cc32)no1. The van der Waals surface area contributed by atoms with Gasteiger partial charge >= 0.3 is 0 Å². The summed E-state index contributed by atoms with van der Waals surface area (Å²) in [5, 5.41) is 15.0. The summed E-state index contributed by atoms with van der Waals surface area (Å²) in [7, 11) is 0. The van der Waals surface area contributed by atoms with Crippen LogP contribution in [0.4, 0.5) is 0 Å². The fourth-order valence-electron chi connectivity index (χ4n) is 2.25. The second-order valence-corrected chi connectivity index (χ2v) is 5.00. The summed E-state index contributed by atoms with van der Waals surface area (Å²) in [4.78, 5) is 4.29. The molecule has 3 aromatic rings. The lowest BCUT2D eigenvalue weighted by atomic mass is 10.2. The Morgan fingerprint density at radius 1 is 1.40 bits per heavy atom. The van der Waals surface area contributed by atoms with Crippen molar-refractivity contribution in [3.05, 3.63) is 46.7 Å². The van der Waals surface area contributed by atoms with Gasteiger partial charge in [0.2, 0.25) is 5.89 Å². The minimum Gasteiger partial charge on any atom is -0.392 e. The standard InChI is InChI=1S/C14H14ClN3O2/c1-2-14-16-13(17-20-14)7-18-6-9(8-19)11-4-3-10(15)5-12(11)18/h3-6,19H,2,7-8H2,1H3. The fraction of sp³-hybridized carbons (Fsp3) is 0.286. The molecule has 2 aromatic heterocycles. The number of aliphatic hydroxyl groups excluding tert-OH is 1. The molecule has 0 radical (unpaired) electrons. The zero-order valence-electron chi connectivity index (χ0n) is 11.0. The van der Waals surface area contributed by atoms with Gasteiger partial charge in [0.05, 0.1) is 18.7 Å². The van der Waals surface area contributed by atoms with E-state index in [2.05, 4.69) is 10.1 Å². The topological polar surface area (TPSA) is 64.1 Å². The second kappa shape index (κ2) is 5.26. The molecule has 0 bridgehead atoms. The zero-order chi connectivity index (χ0) is 14.1. The summed E-state index contributed by atoms with van der Waals surface area (Å²) >= 11 is 6.05. The summed E-state index contributed by atoms with van der Waals surface area (Å²) in [5.41, 5.74) is 1.81. The van der Waals surface area contributed by atoms with Crippen molar-refractivity contribution < 1.29 is 9.63 Å². The van der Waals surface area contributed by atoms with Gasteiger partial charge < -0.3 is 14.2 Å². The molecule has 0 aliphatic carbocycles. The van der Waals surface area contributed by atoms with Crippen LogP contribution in [0.2, 0.25) is 5.02 Å². The average Bonchev–Trinajstić information content (AvgIpc) is 3.04. The van der Waals surface area contributed by atoms with Crippen LogP contribution in [-0.2, 0) is 19.6 Å². The van der Waals surface area contributed by atoms with Crippen molar-refractivity contribution in [3.63, 3.8) is 0 Å². The van der Waals surface area contributed by atoms with Crippen LogP contribution in [0.5, 0.6) is 0 Å². The number of rotatable bonds is 4. The van der Waals surface area contributed by atoms with Crippen molar-refractivity contribution in [3.8, 4) is 0 Å². The number of hydrogen-bond donors (Lipinski definition) is 1. The van der Waals surface area contributed by atoms with Crippen molar-refractivity contribution >= 4 is 22.5 Å². The van der Waals surface area contributed by atoms with Crippen LogP contribution in [0.25, 0.3) is 10.9 Å². The van der Waals surface area contributed by atoms with E-state index in [-0.39, 0.29) is 6.61 Å². The van der Waals surface area contributed by atoms with Gasteiger partial charge in [-0.1, -0.05) is 29.7 Å². The van der Waals surface area contributed by atoms with Gasteiger partial charge in [0.25, 0.3) is 0 Å². The second-order valence-electron chi connectivity index (χ2n) is 4.56. The van der Waals surface area contributed by atoms with Gasteiger partial charge in [0, 0.05) is 28.6 Å². The van der Waals surface area contributed by atoms with Crippen molar-refractivity contribution in [2.45, 2.75) is 26.5 Å². The highest BCUT2D eigenvalue weighted by molar-refractivity contribution is 6.31. The molecule has 0 aliphatic rings. The van der Waals surface area contributed by atoms with Crippen molar-refractivity contribution in [1.29, 1.82) is 0 Å². The Balaban J connectivity index is 2.04. The molecule has 5 nitrogen and oxygen atoms in total. The minimum absolute atomic E-state index is 0.0163. The maximum absolute atomic E-state index is 9.43. The van der Waals surface area contributed by atoms with E-state index >= 15 is 0 Å². The molecule has 1 aromatic carbocycles. The van der Waals surface area contributed by atoms with Gasteiger partial charge in [0.15, 0.2) is 5.82 Å². The van der Waals surface area contributed by atoms with Gasteiger partial charge in [-0.05, 0) is 12.1 Å². The highest BCUT2D eigenvalue weighted by Crippen LogP contribution is 2.25. The lowest BCUT2D eigenvalue weighted by Gasteiger charge is -2.01. The lowest BCUT2D eigenvalue weighted by Crippen LogP contribution is -2.00. The van der Waals surface area contributed by atoms with Crippen LogP contribution < -0.4 is 0 Å². The largest absolute Gasteiger partial charge is 0.392 e. The van der Waals surface area contributed by atoms with Crippen LogP contribution in [0.15, 0.2) is 28.9 Å². The molecule has 3 rings (SSSR count). The highest BCUT2D eigenvalue weighted by Gasteiger charge is 2.11. The lowest BCUT2D eigenvalue weighted by molar-refractivity contribution is 0.283. The maximum Gasteiger partial charge on any atom is 0.226 e. The molecule has 0 atom stereocenters. The summed E-state index contributed by atoms with van der Waals surface area (Å²) in [6.45, 7) is 2.43. The molecule has 104 valence electrons. The van der Waals surface area contributed by atoms with E-state index in [1.54, 1.807) is 0 Å². The summed E-state index contributed by atoms with van der Waals surface area (Å²) in [5.74, 6) is 1.24. The van der Waals surface area contributed by atoms with Crippen molar-refractivity contribution in [2.75, 3.05) is 0 Å². The molecule has 0 unspecified atom stereocenters. The van der Waals surface area contributed by atoms with Gasteiger partial charge in [-0.25, -0.2) is 0 Å². The van der Waals surface area contributed by atoms with Crippen LogP contribution in [0.3, 0.4) is 0 Å². The number of aromatic nitrogens is 3. The summed E-state index contributed by atoms with van der Waals surface area (Å²) < 4.78 is 7.07. The number of aliphatic hydroxyl groups is 1. The maximum atomic E-state index is 9.43. The Hall–Kier alpha value is -1.85. The predicted molar refractivity (Wildman–Crippen MR) is 75.6 cm³/mol. The molecule has 0 amide bonds. The Kier molecular flexibility index (Phi) is 3.46. The first kappa shape index (κ1) is 13.1. The molecule has 6 heteroatoms. The van der Waals surface area contributed by atoms with Gasteiger partial charge in [-0.15, -0.1) is 0 Å². The first-order chi connectivity index (χ1) is 9.71. The normalized spacial score (nSPS) is 11.3. The van der Waals surface area contributed by atoms with Gasteiger partial charge in [0.1, 0.15) is 0 Å². The van der Waals surface area contributed by atoms with E-state index in [1.807, 2.05) is 35.9 Å². The van der Waals surface area contributed by atoms with Crippen molar-refractivity contribution in [1.82, 2.24) is 14.7 Å². The molecule has 0 aliphatic heterocycles. The molecular weight excluding hydrogens is 278 g/mol. The van der Waals surface area contributed by atoms with E-state index in [4.69, 9.17) is 16.1 Å². The molecule has 0 fully saturated rings. The van der Waals surface area contributed by atoms with E-state index in [0.717, 1.165) is 16.5 Å². The van der Waals surface area contributed by atoms with Crippen molar-refractivity contribution in [2.24, 2.45) is 0 Å².